The quantitative estimate of drug-likeness (QED) is 0.308. The number of amides is 1. The molecule has 0 radical (unpaired) electrons. The Kier molecular flexibility index (Phi) is 7.32. The first-order valence-electron chi connectivity index (χ1n) is 9.90. The molecule has 0 spiro atoms. The molecule has 3 aromatic carbocycles. The SMILES string of the molecule is COc1ccc(N=C2NC(=O)/C(=C\c3ccc(OCc4ccccc4C#N)c(I)c3)S2)cc1. The number of nitrogens with zero attached hydrogens (tertiary/aromatic N) is 2. The van der Waals surface area contributed by atoms with Crippen molar-refractivity contribution < 1.29 is 14.3 Å². The van der Waals surface area contributed by atoms with Gasteiger partial charge in [0.2, 0.25) is 0 Å². The number of carbonyl (C=O) groups is 1. The molecule has 0 aliphatic carbocycles. The predicted octanol–water partition coefficient (Wildman–Crippen LogP) is 5.64. The van der Waals surface area contributed by atoms with Crippen molar-refractivity contribution in [2.75, 3.05) is 7.11 Å². The molecule has 0 saturated carbocycles. The maximum atomic E-state index is 12.4. The van der Waals surface area contributed by atoms with Crippen molar-refractivity contribution in [1.82, 2.24) is 5.32 Å². The van der Waals surface area contributed by atoms with Gasteiger partial charge in [0.1, 0.15) is 18.1 Å². The highest BCUT2D eigenvalue weighted by atomic mass is 127. The van der Waals surface area contributed by atoms with E-state index in [1.807, 2.05) is 66.7 Å². The van der Waals surface area contributed by atoms with Gasteiger partial charge in [0.05, 0.1) is 32.9 Å². The van der Waals surface area contributed by atoms with E-state index in [4.69, 9.17) is 9.47 Å². The van der Waals surface area contributed by atoms with Crippen LogP contribution >= 0.6 is 34.4 Å². The van der Waals surface area contributed by atoms with E-state index in [9.17, 15) is 10.1 Å². The number of rotatable bonds is 6. The van der Waals surface area contributed by atoms with Crippen LogP contribution in [0.1, 0.15) is 16.7 Å². The van der Waals surface area contributed by atoms with Gasteiger partial charge >= 0.3 is 0 Å². The smallest absolute Gasteiger partial charge is 0.264 e. The van der Waals surface area contributed by atoms with Crippen LogP contribution in [-0.4, -0.2) is 18.2 Å². The Morgan fingerprint density at radius 1 is 1.15 bits per heavy atom. The minimum Gasteiger partial charge on any atom is -0.497 e. The van der Waals surface area contributed by atoms with Crippen molar-refractivity contribution in [3.05, 3.63) is 91.9 Å². The van der Waals surface area contributed by atoms with E-state index < -0.39 is 0 Å². The summed E-state index contributed by atoms with van der Waals surface area (Å²) in [6.45, 7) is 0.309. The Morgan fingerprint density at radius 2 is 1.94 bits per heavy atom. The highest BCUT2D eigenvalue weighted by Gasteiger charge is 2.24. The maximum absolute atomic E-state index is 12.4. The number of benzene rings is 3. The molecule has 4 rings (SSSR count). The third-order valence-electron chi connectivity index (χ3n) is 4.73. The van der Waals surface area contributed by atoms with Crippen LogP contribution in [0, 0.1) is 14.9 Å². The zero-order valence-electron chi connectivity index (χ0n) is 17.5. The molecule has 1 amide bonds. The van der Waals surface area contributed by atoms with Crippen LogP contribution in [0.4, 0.5) is 5.69 Å². The monoisotopic (exact) mass is 567 g/mol. The van der Waals surface area contributed by atoms with Crippen molar-refractivity contribution in [2.24, 2.45) is 4.99 Å². The summed E-state index contributed by atoms with van der Waals surface area (Å²) in [5, 5.41) is 12.6. The molecule has 6 nitrogen and oxygen atoms in total. The number of thioether (sulfide) groups is 1. The second-order valence-corrected chi connectivity index (χ2v) is 9.12. The summed E-state index contributed by atoms with van der Waals surface area (Å²) in [7, 11) is 1.61. The summed E-state index contributed by atoms with van der Waals surface area (Å²) in [5.41, 5.74) is 3.05. The van der Waals surface area contributed by atoms with Gasteiger partial charge in [0.25, 0.3) is 5.91 Å². The Morgan fingerprint density at radius 3 is 2.67 bits per heavy atom. The van der Waals surface area contributed by atoms with Gasteiger partial charge in [-0.15, -0.1) is 0 Å². The van der Waals surface area contributed by atoms with Gasteiger partial charge in [-0.1, -0.05) is 24.3 Å². The van der Waals surface area contributed by atoms with Crippen LogP contribution < -0.4 is 14.8 Å². The standard InChI is InChI=1S/C25H18IN3O3S/c1-31-20-9-7-19(8-10-20)28-25-29-24(30)23(33-25)13-16-6-11-22(21(26)12-16)32-15-18-5-3-2-4-17(18)14-27/h2-13H,15H2,1H3,(H,28,29,30)/b23-13+. The molecule has 164 valence electrons. The van der Waals surface area contributed by atoms with Crippen LogP contribution in [0.15, 0.2) is 76.6 Å². The van der Waals surface area contributed by atoms with E-state index in [0.717, 1.165) is 31.9 Å². The van der Waals surface area contributed by atoms with Crippen LogP contribution in [-0.2, 0) is 11.4 Å². The molecular weight excluding hydrogens is 549 g/mol. The highest BCUT2D eigenvalue weighted by molar-refractivity contribution is 14.1. The Hall–Kier alpha value is -3.29. The number of amidine groups is 1. The summed E-state index contributed by atoms with van der Waals surface area (Å²) in [4.78, 5) is 17.4. The second-order valence-electron chi connectivity index (χ2n) is 6.93. The first-order chi connectivity index (χ1) is 16.1. The van der Waals surface area contributed by atoms with Crippen LogP contribution in [0.2, 0.25) is 0 Å². The molecule has 1 saturated heterocycles. The largest absolute Gasteiger partial charge is 0.497 e. The van der Waals surface area contributed by atoms with E-state index in [2.05, 4.69) is 39.0 Å². The molecule has 3 aromatic rings. The molecule has 1 N–H and O–H groups in total. The molecule has 1 aliphatic heterocycles. The first-order valence-corrected chi connectivity index (χ1v) is 11.8. The number of halogens is 1. The molecule has 1 aliphatic rings. The number of hydrogen-bond donors (Lipinski definition) is 1. The average molecular weight is 567 g/mol. The predicted molar refractivity (Wildman–Crippen MR) is 138 cm³/mol. The lowest BCUT2D eigenvalue weighted by atomic mass is 10.1. The molecule has 0 unspecified atom stereocenters. The summed E-state index contributed by atoms with van der Waals surface area (Å²) >= 11 is 3.50. The summed E-state index contributed by atoms with van der Waals surface area (Å²) < 4.78 is 12.0. The number of hydrogen-bond acceptors (Lipinski definition) is 6. The van der Waals surface area contributed by atoms with Gasteiger partial charge in [0.15, 0.2) is 5.17 Å². The fraction of sp³-hybridized carbons (Fsp3) is 0.0800. The average Bonchev–Trinajstić information content (AvgIpc) is 3.17. The maximum Gasteiger partial charge on any atom is 0.264 e. The van der Waals surface area contributed by atoms with Gasteiger partial charge in [-0.05, 0) is 88.5 Å². The molecule has 33 heavy (non-hydrogen) atoms. The van der Waals surface area contributed by atoms with Crippen molar-refractivity contribution in [3.63, 3.8) is 0 Å². The third kappa shape index (κ3) is 5.74. The minimum absolute atomic E-state index is 0.185. The fourth-order valence-corrected chi connectivity index (χ4v) is 4.58. The number of nitriles is 1. The van der Waals surface area contributed by atoms with E-state index in [0.29, 0.717) is 22.2 Å². The molecule has 8 heteroatoms. The van der Waals surface area contributed by atoms with Crippen LogP contribution in [0.3, 0.4) is 0 Å². The topological polar surface area (TPSA) is 83.7 Å². The van der Waals surface area contributed by atoms with Crippen LogP contribution in [0.25, 0.3) is 6.08 Å². The number of ether oxygens (including phenoxy) is 2. The van der Waals surface area contributed by atoms with E-state index >= 15 is 0 Å². The summed E-state index contributed by atoms with van der Waals surface area (Å²) in [6.07, 6.45) is 1.83. The molecular formula is C25H18IN3O3S. The number of aliphatic imine (C=N–C) groups is 1. The van der Waals surface area contributed by atoms with E-state index in [-0.39, 0.29) is 5.91 Å². The molecule has 1 fully saturated rings. The molecule has 0 aromatic heterocycles. The number of carbonyl (C=O) groups excluding carboxylic acids is 1. The second kappa shape index (κ2) is 10.6. The summed E-state index contributed by atoms with van der Waals surface area (Å²) in [5.74, 6) is 1.28. The van der Waals surface area contributed by atoms with Gasteiger partial charge in [-0.25, -0.2) is 4.99 Å². The van der Waals surface area contributed by atoms with Crippen molar-refractivity contribution in [1.29, 1.82) is 5.26 Å². The van der Waals surface area contributed by atoms with Gasteiger partial charge < -0.3 is 14.8 Å². The van der Waals surface area contributed by atoms with Crippen LogP contribution in [0.5, 0.6) is 11.5 Å². The molecule has 0 atom stereocenters. The zero-order valence-corrected chi connectivity index (χ0v) is 20.5. The number of nitrogens with one attached hydrogen (secondary N) is 1. The Balaban J connectivity index is 1.45. The van der Waals surface area contributed by atoms with Crippen molar-refractivity contribution in [3.8, 4) is 17.6 Å². The Labute approximate surface area is 209 Å². The summed E-state index contributed by atoms with van der Waals surface area (Å²) in [6, 6.07) is 22.6. The minimum atomic E-state index is -0.185. The van der Waals surface area contributed by atoms with Gasteiger partial charge in [0, 0.05) is 5.56 Å². The third-order valence-corrected chi connectivity index (χ3v) is 6.48. The van der Waals surface area contributed by atoms with Crippen molar-refractivity contribution in [2.45, 2.75) is 6.61 Å². The lowest BCUT2D eigenvalue weighted by molar-refractivity contribution is -0.115. The normalized spacial score (nSPS) is 15.4. The zero-order chi connectivity index (χ0) is 23.2. The molecule has 0 bridgehead atoms. The lowest BCUT2D eigenvalue weighted by Gasteiger charge is -2.10. The van der Waals surface area contributed by atoms with Gasteiger partial charge in [-0.3, -0.25) is 4.79 Å². The first kappa shape index (κ1) is 22.9. The van der Waals surface area contributed by atoms with Crippen molar-refractivity contribution >= 4 is 57.2 Å². The van der Waals surface area contributed by atoms with E-state index in [1.165, 1.54) is 11.8 Å². The molecule has 1 heterocycles. The fourth-order valence-electron chi connectivity index (χ4n) is 3.04. The van der Waals surface area contributed by atoms with Gasteiger partial charge in [-0.2, -0.15) is 5.26 Å². The lowest BCUT2D eigenvalue weighted by Crippen LogP contribution is -2.19. The number of methoxy groups -OCH3 is 1. The van der Waals surface area contributed by atoms with E-state index in [1.54, 1.807) is 13.2 Å². The highest BCUT2D eigenvalue weighted by Crippen LogP contribution is 2.30. The Bertz CT molecular complexity index is 1300.